The number of amides is 13. The fourth-order valence-electron chi connectivity index (χ4n) is 11.3. The Balaban J connectivity index is 6.68. The van der Waals surface area contributed by atoms with Gasteiger partial charge in [0.25, 0.3) is 0 Å². The summed E-state index contributed by atoms with van der Waals surface area (Å²) in [7, 11) is 0. The van der Waals surface area contributed by atoms with Crippen LogP contribution in [0.15, 0.2) is 0 Å². The van der Waals surface area contributed by atoms with Gasteiger partial charge in [0, 0.05) is 0 Å². The van der Waals surface area contributed by atoms with Crippen molar-refractivity contribution in [3.05, 3.63) is 0 Å². The molecule has 107 heavy (non-hydrogen) atoms. The van der Waals surface area contributed by atoms with Crippen molar-refractivity contribution in [2.45, 2.75) is 309 Å². The smallest absolute Gasteiger partial charge is 0.326 e. The molecular formula is C72H138N20O15. The lowest BCUT2D eigenvalue weighted by molar-refractivity contribution is -0.142. The van der Waals surface area contributed by atoms with E-state index in [4.69, 9.17) is 40.1 Å². The number of carboxylic acids is 1. The number of nitrogens with one attached hydrogen (secondary N) is 13. The van der Waals surface area contributed by atoms with E-state index >= 15 is 0 Å². The van der Waals surface area contributed by atoms with Crippen molar-refractivity contribution in [2.24, 2.45) is 63.8 Å². The minimum absolute atomic E-state index is 0.0347. The highest BCUT2D eigenvalue weighted by Crippen LogP contribution is 2.15. The Bertz CT molecular complexity index is 2750. The third-order valence-electron chi connectivity index (χ3n) is 17.6. The lowest BCUT2D eigenvalue weighted by Crippen LogP contribution is -2.60. The van der Waals surface area contributed by atoms with Crippen LogP contribution in [-0.2, 0) is 67.1 Å². The summed E-state index contributed by atoms with van der Waals surface area (Å²) in [4.78, 5) is 193. The molecule has 0 aromatic heterocycles. The maximum atomic E-state index is 14.5. The van der Waals surface area contributed by atoms with E-state index in [9.17, 15) is 72.2 Å². The highest BCUT2D eigenvalue weighted by molar-refractivity contribution is 6.00. The maximum absolute atomic E-state index is 14.5. The fraction of sp³-hybridized carbons (Fsp3) is 0.806. The summed E-state index contributed by atoms with van der Waals surface area (Å²) in [6.45, 7) is 21.9. The first-order valence-corrected chi connectivity index (χ1v) is 38.6. The predicted molar refractivity (Wildman–Crippen MR) is 409 cm³/mol. The van der Waals surface area contributed by atoms with E-state index in [1.165, 1.54) is 27.7 Å². The van der Waals surface area contributed by atoms with Gasteiger partial charge >= 0.3 is 5.97 Å². The van der Waals surface area contributed by atoms with Gasteiger partial charge in [-0.05, 0) is 225 Å². The molecule has 0 bridgehead atoms. The summed E-state index contributed by atoms with van der Waals surface area (Å²) in [6, 6.07) is -17.0. The second-order valence-electron chi connectivity index (χ2n) is 29.6. The van der Waals surface area contributed by atoms with E-state index in [0.29, 0.717) is 96.6 Å². The van der Waals surface area contributed by atoms with Crippen molar-refractivity contribution in [3.8, 4) is 0 Å². The Labute approximate surface area is 633 Å². The second-order valence-corrected chi connectivity index (χ2v) is 29.6. The first kappa shape index (κ1) is 99.3. The summed E-state index contributed by atoms with van der Waals surface area (Å²) in [5.41, 5.74) is 40.5. The molecule has 13 amide bonds. The van der Waals surface area contributed by atoms with Crippen LogP contribution in [0.2, 0.25) is 0 Å². The van der Waals surface area contributed by atoms with Gasteiger partial charge in [0.05, 0.1) is 6.04 Å². The molecule has 14 atom stereocenters. The van der Waals surface area contributed by atoms with Gasteiger partial charge in [-0.3, -0.25) is 62.3 Å². The highest BCUT2D eigenvalue weighted by atomic mass is 16.4. The van der Waals surface area contributed by atoms with Crippen molar-refractivity contribution in [1.82, 2.24) is 69.1 Å². The second kappa shape index (κ2) is 55.7. The molecule has 28 N–H and O–H groups in total. The zero-order valence-electron chi connectivity index (χ0n) is 65.9. The highest BCUT2D eigenvalue weighted by Gasteiger charge is 2.37. The van der Waals surface area contributed by atoms with Crippen molar-refractivity contribution < 1.29 is 72.2 Å². The first-order valence-electron chi connectivity index (χ1n) is 38.6. The average molecular weight is 1520 g/mol. The number of carbonyl (C=O) groups excluding carboxylic acids is 13. The Morgan fingerprint density at radius 1 is 0.224 bits per heavy atom. The van der Waals surface area contributed by atoms with Gasteiger partial charge in [-0.2, -0.15) is 0 Å². The topological polar surface area (TPSA) is 598 Å². The number of hydrogen-bond donors (Lipinski definition) is 21. The largest absolute Gasteiger partial charge is 0.480 e. The van der Waals surface area contributed by atoms with Gasteiger partial charge in [-0.1, -0.05) is 61.8 Å². The van der Waals surface area contributed by atoms with Crippen LogP contribution >= 0.6 is 0 Å². The zero-order valence-corrected chi connectivity index (χ0v) is 65.9. The van der Waals surface area contributed by atoms with Crippen LogP contribution < -0.4 is 109 Å². The molecule has 0 heterocycles. The minimum atomic E-state index is -1.32. The molecule has 0 fully saturated rings. The van der Waals surface area contributed by atoms with Crippen molar-refractivity contribution in [2.75, 3.05) is 39.3 Å². The molecule has 0 saturated heterocycles. The van der Waals surface area contributed by atoms with Crippen LogP contribution in [0.3, 0.4) is 0 Å². The molecule has 0 aliphatic heterocycles. The molecule has 616 valence electrons. The molecule has 0 saturated carbocycles. The van der Waals surface area contributed by atoms with Crippen LogP contribution in [0, 0.1) is 23.7 Å². The Hall–Kier alpha value is -7.70. The van der Waals surface area contributed by atoms with Gasteiger partial charge < -0.3 is 114 Å². The normalized spacial score (nSPS) is 15.4. The lowest BCUT2D eigenvalue weighted by atomic mass is 10.0. The molecule has 0 aliphatic carbocycles. The van der Waals surface area contributed by atoms with E-state index in [0.717, 1.165) is 0 Å². The van der Waals surface area contributed by atoms with Gasteiger partial charge in [-0.15, -0.1) is 0 Å². The fourth-order valence-corrected chi connectivity index (χ4v) is 11.3. The summed E-state index contributed by atoms with van der Waals surface area (Å²) in [5, 5.41) is 44.3. The Morgan fingerprint density at radius 3 is 0.598 bits per heavy atom. The molecule has 0 rings (SSSR count). The quantitative estimate of drug-likeness (QED) is 0.0286. The van der Waals surface area contributed by atoms with Crippen LogP contribution in [0.5, 0.6) is 0 Å². The molecule has 0 aromatic carbocycles. The molecule has 35 nitrogen and oxygen atoms in total. The summed E-state index contributed by atoms with van der Waals surface area (Å²) >= 11 is 0. The van der Waals surface area contributed by atoms with E-state index in [-0.39, 0.29) is 108 Å². The van der Waals surface area contributed by atoms with Crippen molar-refractivity contribution >= 4 is 82.8 Å². The van der Waals surface area contributed by atoms with E-state index in [1.54, 1.807) is 27.7 Å². The lowest BCUT2D eigenvalue weighted by Gasteiger charge is -2.28. The van der Waals surface area contributed by atoms with Gasteiger partial charge in [-0.25, -0.2) is 4.79 Å². The third kappa shape index (κ3) is 42.6. The van der Waals surface area contributed by atoms with Gasteiger partial charge in [0.15, 0.2) is 0 Å². The Kier molecular flexibility index (Phi) is 51.7. The van der Waals surface area contributed by atoms with Crippen LogP contribution in [0.1, 0.15) is 224 Å². The molecule has 0 aliphatic rings. The SMILES string of the molecule is CC(C)C[C@H](NC(=O)[C@H](CCCCN)NC(=O)[C@H](C)NC(=O)[C@H](CC(C)C)NC(=O)[C@H](CCCCN)NC(=O)[C@H](CCCCN)NC(=O)[C@H](C)NC(=O)[C@H](CC(C)C)NC(=O)[C@H](CCCCN)NC(=O)[C@H](C)NC(=O)[C@H](CC(C)C)NC(=O)[C@@H](N)CCCCN)C(=O)N[C@@H](C)C(=O)N[C@@H](CCCCN)C(=O)O. The minimum Gasteiger partial charge on any atom is -0.480 e. The van der Waals surface area contributed by atoms with E-state index in [2.05, 4.69) is 69.1 Å². The van der Waals surface area contributed by atoms with Gasteiger partial charge in [0.1, 0.15) is 78.5 Å². The van der Waals surface area contributed by atoms with Crippen LogP contribution in [0.25, 0.3) is 0 Å². The third-order valence-corrected chi connectivity index (χ3v) is 17.6. The first-order chi connectivity index (χ1) is 50.4. The summed E-state index contributed by atoms with van der Waals surface area (Å²) in [6.07, 6.45) is 6.72. The van der Waals surface area contributed by atoms with Crippen LogP contribution in [-0.4, -0.2) is 212 Å². The standard InChI is InChI=1S/C72H138N20O15/c1-41(2)37-55(89-63(97)49(79)25-13-19-31-73)68(102)80-45(9)60(94)85-51(27-15-21-33-75)65(99)90-56(38-42(3)4)69(103)81-46(10)59(93)84-50(26-14-20-32-74)64(98)87-53(29-17-23-35-77)67(101)92-58(40-44(7)8)70(104)82-47(11)61(95)86-52(28-16-22-34-76)66(100)91-57(39-43(5)6)71(105)83-48(12)62(96)88-54(72(106)107)30-18-24-36-78/h41-58H,13-40,73-79H2,1-12H3,(H,80,102)(H,81,103)(H,82,104)(H,83,105)(H,84,93)(H,85,94)(H,86,95)(H,87,98)(H,88,96)(H,89,97)(H,90,99)(H,91,100)(H,92,101)(H,106,107)/t45-,46-,47-,48-,49-,50-,51-,52-,53-,54-,55-,56-,57-,58-/m0/s1. The zero-order chi connectivity index (χ0) is 81.5. The molecular weight excluding hydrogens is 1380 g/mol. The Morgan fingerprint density at radius 2 is 0.393 bits per heavy atom. The number of hydrogen-bond acceptors (Lipinski definition) is 21. The molecule has 0 aromatic rings. The summed E-state index contributed by atoms with van der Waals surface area (Å²) < 4.78 is 0. The van der Waals surface area contributed by atoms with Crippen molar-refractivity contribution in [3.63, 3.8) is 0 Å². The number of carbonyl (C=O) groups is 14. The number of nitrogens with two attached hydrogens (primary N) is 7. The molecule has 0 spiro atoms. The van der Waals surface area contributed by atoms with Crippen LogP contribution in [0.4, 0.5) is 0 Å². The number of unbranched alkanes of at least 4 members (excludes halogenated alkanes) is 6. The monoisotopic (exact) mass is 1520 g/mol. The van der Waals surface area contributed by atoms with Gasteiger partial charge in [0.2, 0.25) is 76.8 Å². The van der Waals surface area contributed by atoms with Crippen molar-refractivity contribution in [1.29, 1.82) is 0 Å². The molecule has 35 heteroatoms. The molecule has 0 unspecified atom stereocenters. The number of rotatable bonds is 59. The average Bonchev–Trinajstić information content (AvgIpc) is 0.867. The predicted octanol–water partition coefficient (Wildman–Crippen LogP) is -2.26. The summed E-state index contributed by atoms with van der Waals surface area (Å²) in [5.74, 6) is -11.5. The number of aliphatic carboxylic acids is 1. The molecule has 0 radical (unpaired) electrons. The maximum Gasteiger partial charge on any atom is 0.326 e. The van der Waals surface area contributed by atoms with E-state index in [1.807, 2.05) is 27.7 Å². The van der Waals surface area contributed by atoms with E-state index < -0.39 is 167 Å². The number of carboxylic acid groups (broad SMARTS) is 1.